The smallest absolute Gasteiger partial charge is 0.138 e. The molecule has 2 rings (SSSR count). The van der Waals surface area contributed by atoms with E-state index in [1.54, 1.807) is 0 Å². The normalized spacial score (nSPS) is 26.1. The first-order valence-corrected chi connectivity index (χ1v) is 5.89. The van der Waals surface area contributed by atoms with Gasteiger partial charge in [-0.3, -0.25) is 4.79 Å². The van der Waals surface area contributed by atoms with Crippen LogP contribution in [0, 0.1) is 5.92 Å². The zero-order valence-corrected chi connectivity index (χ0v) is 9.85. The molecule has 1 aliphatic heterocycles. The summed E-state index contributed by atoms with van der Waals surface area (Å²) in [5.74, 6) is 0.717. The molecule has 0 saturated carbocycles. The molecule has 0 bridgehead atoms. The highest BCUT2D eigenvalue weighted by Gasteiger charge is 2.30. The maximum Gasteiger partial charge on any atom is 0.138 e. The van der Waals surface area contributed by atoms with Crippen molar-refractivity contribution in [1.82, 2.24) is 0 Å². The van der Waals surface area contributed by atoms with Crippen molar-refractivity contribution < 1.29 is 9.53 Å². The Kier molecular flexibility index (Phi) is 3.39. The number of carbonyl (C=O) groups excluding carboxylic acids is 1. The van der Waals surface area contributed by atoms with Crippen LogP contribution in [0.2, 0.25) is 0 Å². The average Bonchev–Trinajstić information content (AvgIpc) is 2.29. The van der Waals surface area contributed by atoms with E-state index in [9.17, 15) is 4.79 Å². The minimum absolute atomic E-state index is 0.0464. The third kappa shape index (κ3) is 2.50. The van der Waals surface area contributed by atoms with Gasteiger partial charge in [0, 0.05) is 12.8 Å². The molecule has 2 heteroatoms. The average molecular weight is 218 g/mol. The SMILES string of the molecule is CC(C)[C@H]1CC(=O)C[C@@H](c2ccccc2)O1. The molecular formula is C14H18O2. The van der Waals surface area contributed by atoms with Crippen LogP contribution in [0.4, 0.5) is 0 Å². The Morgan fingerprint density at radius 1 is 1.19 bits per heavy atom. The van der Waals surface area contributed by atoms with Crippen LogP contribution in [0.5, 0.6) is 0 Å². The number of carbonyl (C=O) groups is 1. The Labute approximate surface area is 96.6 Å². The van der Waals surface area contributed by atoms with Gasteiger partial charge in [-0.2, -0.15) is 0 Å². The van der Waals surface area contributed by atoms with E-state index in [1.807, 2.05) is 30.3 Å². The fourth-order valence-electron chi connectivity index (χ4n) is 2.08. The van der Waals surface area contributed by atoms with Gasteiger partial charge in [0.25, 0.3) is 0 Å². The molecule has 2 atom stereocenters. The molecule has 0 N–H and O–H groups in total. The molecular weight excluding hydrogens is 200 g/mol. The Bertz CT molecular complexity index is 356. The van der Waals surface area contributed by atoms with E-state index in [1.165, 1.54) is 0 Å². The quantitative estimate of drug-likeness (QED) is 0.762. The van der Waals surface area contributed by atoms with Crippen molar-refractivity contribution in [1.29, 1.82) is 0 Å². The molecule has 0 aliphatic carbocycles. The number of ketones is 1. The van der Waals surface area contributed by atoms with Gasteiger partial charge in [0.15, 0.2) is 0 Å². The maximum atomic E-state index is 11.7. The van der Waals surface area contributed by atoms with Crippen LogP contribution in [0.25, 0.3) is 0 Å². The summed E-state index contributed by atoms with van der Waals surface area (Å²) in [5, 5.41) is 0. The molecule has 16 heavy (non-hydrogen) atoms. The number of Topliss-reactive ketones (excluding diaryl/α,β-unsaturated/α-hetero) is 1. The Morgan fingerprint density at radius 3 is 2.50 bits per heavy atom. The van der Waals surface area contributed by atoms with Crippen LogP contribution in [0.3, 0.4) is 0 Å². The Morgan fingerprint density at radius 2 is 1.88 bits per heavy atom. The monoisotopic (exact) mass is 218 g/mol. The van der Waals surface area contributed by atoms with Gasteiger partial charge < -0.3 is 4.74 Å². The van der Waals surface area contributed by atoms with Crippen molar-refractivity contribution in [2.75, 3.05) is 0 Å². The van der Waals surface area contributed by atoms with Crippen molar-refractivity contribution in [2.24, 2.45) is 5.92 Å². The van der Waals surface area contributed by atoms with Crippen LogP contribution < -0.4 is 0 Å². The summed E-state index contributed by atoms with van der Waals surface area (Å²) in [6.45, 7) is 4.20. The van der Waals surface area contributed by atoms with Crippen molar-refractivity contribution in [3.8, 4) is 0 Å². The molecule has 0 unspecified atom stereocenters. The second kappa shape index (κ2) is 4.79. The lowest BCUT2D eigenvalue weighted by Gasteiger charge is -2.31. The highest BCUT2D eigenvalue weighted by Crippen LogP contribution is 2.31. The van der Waals surface area contributed by atoms with Crippen LogP contribution in [0.1, 0.15) is 38.4 Å². The molecule has 2 nitrogen and oxygen atoms in total. The molecule has 86 valence electrons. The molecule has 1 aliphatic rings. The summed E-state index contributed by atoms with van der Waals surface area (Å²) < 4.78 is 5.98. The van der Waals surface area contributed by atoms with E-state index in [4.69, 9.17) is 4.74 Å². The van der Waals surface area contributed by atoms with E-state index in [-0.39, 0.29) is 12.2 Å². The summed E-state index contributed by atoms with van der Waals surface area (Å²) in [7, 11) is 0. The van der Waals surface area contributed by atoms with Gasteiger partial charge >= 0.3 is 0 Å². The van der Waals surface area contributed by atoms with Gasteiger partial charge in [-0.05, 0) is 11.5 Å². The van der Waals surface area contributed by atoms with Crippen LogP contribution in [0.15, 0.2) is 30.3 Å². The first-order valence-electron chi connectivity index (χ1n) is 5.89. The number of rotatable bonds is 2. The Hall–Kier alpha value is -1.15. The molecule has 1 heterocycles. The summed E-state index contributed by atoms with van der Waals surface area (Å²) in [6, 6.07) is 10.0. The summed E-state index contributed by atoms with van der Waals surface area (Å²) in [5.41, 5.74) is 1.11. The van der Waals surface area contributed by atoms with Crippen LogP contribution in [-0.4, -0.2) is 11.9 Å². The van der Waals surface area contributed by atoms with E-state index in [0.29, 0.717) is 24.5 Å². The fraction of sp³-hybridized carbons (Fsp3) is 0.500. The van der Waals surface area contributed by atoms with E-state index in [2.05, 4.69) is 13.8 Å². The van der Waals surface area contributed by atoms with E-state index < -0.39 is 0 Å². The van der Waals surface area contributed by atoms with Gasteiger partial charge in [0.1, 0.15) is 5.78 Å². The standard InChI is InChI=1S/C14H18O2/c1-10(2)13-8-12(15)9-14(16-13)11-6-4-3-5-7-11/h3-7,10,13-14H,8-9H2,1-2H3/t13-,14+/m1/s1. The minimum Gasteiger partial charge on any atom is -0.369 e. The third-order valence-corrected chi connectivity index (χ3v) is 3.10. The molecule has 0 amide bonds. The zero-order chi connectivity index (χ0) is 11.5. The summed E-state index contributed by atoms with van der Waals surface area (Å²) in [6.07, 6.45) is 1.12. The molecule has 0 radical (unpaired) electrons. The number of benzene rings is 1. The summed E-state index contributed by atoms with van der Waals surface area (Å²) >= 11 is 0. The molecule has 1 aromatic carbocycles. The molecule has 0 aromatic heterocycles. The maximum absolute atomic E-state index is 11.7. The summed E-state index contributed by atoms with van der Waals surface area (Å²) in [4.78, 5) is 11.7. The van der Waals surface area contributed by atoms with Gasteiger partial charge in [-0.15, -0.1) is 0 Å². The molecule has 1 fully saturated rings. The fourth-order valence-corrected chi connectivity index (χ4v) is 2.08. The lowest BCUT2D eigenvalue weighted by molar-refractivity contribution is -0.139. The first kappa shape index (κ1) is 11.3. The van der Waals surface area contributed by atoms with Crippen molar-refractivity contribution in [2.45, 2.75) is 38.9 Å². The van der Waals surface area contributed by atoms with E-state index in [0.717, 1.165) is 5.56 Å². The topological polar surface area (TPSA) is 26.3 Å². The van der Waals surface area contributed by atoms with Crippen molar-refractivity contribution in [3.05, 3.63) is 35.9 Å². The van der Waals surface area contributed by atoms with Gasteiger partial charge in [-0.25, -0.2) is 0 Å². The lowest BCUT2D eigenvalue weighted by atomic mass is 9.92. The highest BCUT2D eigenvalue weighted by atomic mass is 16.5. The minimum atomic E-state index is -0.0464. The van der Waals surface area contributed by atoms with E-state index >= 15 is 0 Å². The first-order chi connectivity index (χ1) is 7.66. The van der Waals surface area contributed by atoms with Crippen LogP contribution >= 0.6 is 0 Å². The third-order valence-electron chi connectivity index (χ3n) is 3.10. The second-order valence-corrected chi connectivity index (χ2v) is 4.76. The molecule has 1 saturated heterocycles. The second-order valence-electron chi connectivity index (χ2n) is 4.76. The van der Waals surface area contributed by atoms with Crippen molar-refractivity contribution >= 4 is 5.78 Å². The van der Waals surface area contributed by atoms with Gasteiger partial charge in [0.05, 0.1) is 12.2 Å². The Balaban J connectivity index is 2.14. The van der Waals surface area contributed by atoms with Crippen molar-refractivity contribution in [3.63, 3.8) is 0 Å². The van der Waals surface area contributed by atoms with Crippen LogP contribution in [-0.2, 0) is 9.53 Å². The highest BCUT2D eigenvalue weighted by molar-refractivity contribution is 5.80. The largest absolute Gasteiger partial charge is 0.369 e. The van der Waals surface area contributed by atoms with Gasteiger partial charge in [0.2, 0.25) is 0 Å². The number of hydrogen-bond acceptors (Lipinski definition) is 2. The zero-order valence-electron chi connectivity index (χ0n) is 9.85. The molecule has 1 aromatic rings. The number of hydrogen-bond donors (Lipinski definition) is 0. The predicted molar refractivity (Wildman–Crippen MR) is 63.1 cm³/mol. The lowest BCUT2D eigenvalue weighted by Crippen LogP contribution is -2.32. The molecule has 0 spiro atoms. The van der Waals surface area contributed by atoms with Gasteiger partial charge in [-0.1, -0.05) is 44.2 Å². The predicted octanol–water partition coefficient (Wildman–Crippen LogP) is 3.13. The number of ether oxygens (including phenoxy) is 1.